The van der Waals surface area contributed by atoms with Gasteiger partial charge in [0.15, 0.2) is 0 Å². The van der Waals surface area contributed by atoms with E-state index in [1.807, 2.05) is 54.6 Å². The van der Waals surface area contributed by atoms with E-state index in [1.54, 1.807) is 20.8 Å². The Hall–Kier alpha value is -3.02. The first-order valence-corrected chi connectivity index (χ1v) is 9.26. The minimum Gasteiger partial charge on any atom is -0.481 e. The highest BCUT2D eigenvalue weighted by Crippen LogP contribution is 2.35. The molecule has 1 aliphatic heterocycles. The van der Waals surface area contributed by atoms with Gasteiger partial charge in [-0.2, -0.15) is 0 Å². The van der Waals surface area contributed by atoms with Crippen molar-refractivity contribution in [3.05, 3.63) is 60.2 Å². The number of nitrogens with zero attached hydrogens (tertiary/aromatic N) is 1. The average molecular weight is 383 g/mol. The number of hydrogen-bond acceptors (Lipinski definition) is 4. The van der Waals surface area contributed by atoms with Gasteiger partial charge < -0.3 is 19.5 Å². The first-order chi connectivity index (χ1) is 13.2. The third-order valence-corrected chi connectivity index (χ3v) is 4.58. The Morgan fingerprint density at radius 1 is 0.964 bits per heavy atom. The zero-order valence-electron chi connectivity index (χ0n) is 16.3. The molecule has 1 heterocycles. The summed E-state index contributed by atoms with van der Waals surface area (Å²) in [7, 11) is 0. The number of hydrogen-bond donors (Lipinski definition) is 1. The van der Waals surface area contributed by atoms with Crippen LogP contribution in [0.25, 0.3) is 0 Å². The molecule has 3 rings (SSSR count). The number of carbonyl (C=O) groups is 2. The van der Waals surface area contributed by atoms with Gasteiger partial charge in [0.1, 0.15) is 17.1 Å². The number of para-hydroxylation sites is 1. The maximum Gasteiger partial charge on any atom is 0.410 e. The summed E-state index contributed by atoms with van der Waals surface area (Å²) in [6.07, 6.45) is -0.481. The number of ether oxygens (including phenoxy) is 2. The first kappa shape index (κ1) is 19.7. The molecule has 28 heavy (non-hydrogen) atoms. The molecule has 0 radical (unpaired) electrons. The minimum atomic E-state index is -0.916. The highest BCUT2D eigenvalue weighted by atomic mass is 16.6. The highest BCUT2D eigenvalue weighted by molar-refractivity contribution is 5.76. The first-order valence-electron chi connectivity index (χ1n) is 9.26. The Kier molecular flexibility index (Phi) is 5.58. The molecule has 2 atom stereocenters. The van der Waals surface area contributed by atoms with Crippen molar-refractivity contribution in [2.75, 3.05) is 13.1 Å². The van der Waals surface area contributed by atoms with E-state index in [0.717, 1.165) is 11.3 Å². The summed E-state index contributed by atoms with van der Waals surface area (Å²) < 4.78 is 11.2. The fourth-order valence-electron chi connectivity index (χ4n) is 3.28. The van der Waals surface area contributed by atoms with E-state index in [9.17, 15) is 14.7 Å². The van der Waals surface area contributed by atoms with Gasteiger partial charge in [-0.1, -0.05) is 30.3 Å². The molecule has 0 aliphatic carbocycles. The smallest absolute Gasteiger partial charge is 0.410 e. The van der Waals surface area contributed by atoms with Gasteiger partial charge in [0, 0.05) is 19.0 Å². The van der Waals surface area contributed by atoms with Crippen LogP contribution in [-0.2, 0) is 9.53 Å². The molecule has 1 saturated heterocycles. The fourth-order valence-corrected chi connectivity index (χ4v) is 3.28. The second kappa shape index (κ2) is 7.92. The summed E-state index contributed by atoms with van der Waals surface area (Å²) in [4.78, 5) is 25.6. The third kappa shape index (κ3) is 4.82. The Bertz CT molecular complexity index is 826. The molecule has 2 aromatic rings. The van der Waals surface area contributed by atoms with Crippen LogP contribution >= 0.6 is 0 Å². The van der Waals surface area contributed by atoms with Gasteiger partial charge in [0.2, 0.25) is 0 Å². The van der Waals surface area contributed by atoms with Crippen LogP contribution in [0.1, 0.15) is 32.3 Å². The summed E-state index contributed by atoms with van der Waals surface area (Å²) in [6.45, 7) is 5.82. The van der Waals surface area contributed by atoms with Gasteiger partial charge in [-0.3, -0.25) is 4.79 Å². The van der Waals surface area contributed by atoms with Gasteiger partial charge >= 0.3 is 12.1 Å². The van der Waals surface area contributed by atoms with Crippen LogP contribution in [0, 0.1) is 5.92 Å². The maximum atomic E-state index is 12.4. The van der Waals surface area contributed by atoms with Crippen molar-refractivity contribution in [1.82, 2.24) is 4.90 Å². The molecular formula is C22H25NO5. The molecule has 1 N–H and O–H groups in total. The SMILES string of the molecule is CC(C)(C)OC(=O)N1C[C@H](c2ccc(Oc3ccccc3)cc2)[C@H](C(=O)O)C1. The summed E-state index contributed by atoms with van der Waals surface area (Å²) in [5, 5.41) is 9.62. The molecule has 0 unspecified atom stereocenters. The van der Waals surface area contributed by atoms with E-state index >= 15 is 0 Å². The fraction of sp³-hybridized carbons (Fsp3) is 0.364. The van der Waals surface area contributed by atoms with E-state index < -0.39 is 23.6 Å². The van der Waals surface area contributed by atoms with E-state index in [-0.39, 0.29) is 12.5 Å². The molecule has 1 fully saturated rings. The van der Waals surface area contributed by atoms with Crippen LogP contribution in [0.4, 0.5) is 4.79 Å². The Morgan fingerprint density at radius 2 is 1.57 bits per heavy atom. The summed E-state index contributed by atoms with van der Waals surface area (Å²) in [5.41, 5.74) is 0.239. The summed E-state index contributed by atoms with van der Waals surface area (Å²) in [6, 6.07) is 16.8. The second-order valence-electron chi connectivity index (χ2n) is 7.92. The van der Waals surface area contributed by atoms with Crippen LogP contribution < -0.4 is 4.74 Å². The monoisotopic (exact) mass is 383 g/mol. The molecule has 6 nitrogen and oxygen atoms in total. The number of carbonyl (C=O) groups excluding carboxylic acids is 1. The molecule has 0 saturated carbocycles. The maximum absolute atomic E-state index is 12.4. The van der Waals surface area contributed by atoms with E-state index in [1.165, 1.54) is 4.90 Å². The van der Waals surface area contributed by atoms with E-state index in [4.69, 9.17) is 9.47 Å². The van der Waals surface area contributed by atoms with Crippen LogP contribution in [0.2, 0.25) is 0 Å². The lowest BCUT2D eigenvalue weighted by atomic mass is 9.89. The zero-order valence-corrected chi connectivity index (χ0v) is 16.3. The van der Waals surface area contributed by atoms with Crippen molar-refractivity contribution in [2.24, 2.45) is 5.92 Å². The number of aliphatic carboxylic acids is 1. The summed E-state index contributed by atoms with van der Waals surface area (Å²) >= 11 is 0. The third-order valence-electron chi connectivity index (χ3n) is 4.58. The molecule has 148 valence electrons. The number of likely N-dealkylation sites (tertiary alicyclic amines) is 1. The van der Waals surface area contributed by atoms with Gasteiger partial charge in [0.05, 0.1) is 5.92 Å². The number of amides is 1. The predicted octanol–water partition coefficient (Wildman–Crippen LogP) is 4.51. The molecule has 1 aliphatic rings. The van der Waals surface area contributed by atoms with Gasteiger partial charge in [-0.15, -0.1) is 0 Å². The molecule has 0 bridgehead atoms. The van der Waals surface area contributed by atoms with Crippen molar-refractivity contribution < 1.29 is 24.2 Å². The van der Waals surface area contributed by atoms with Crippen LogP contribution in [0.15, 0.2) is 54.6 Å². The normalized spacial score (nSPS) is 19.3. The lowest BCUT2D eigenvalue weighted by molar-refractivity contribution is -0.141. The van der Waals surface area contributed by atoms with Crippen LogP contribution in [0.5, 0.6) is 11.5 Å². The predicted molar refractivity (Wildman–Crippen MR) is 105 cm³/mol. The number of carboxylic acid groups (broad SMARTS) is 1. The highest BCUT2D eigenvalue weighted by Gasteiger charge is 2.41. The number of benzene rings is 2. The van der Waals surface area contributed by atoms with Crippen molar-refractivity contribution in [1.29, 1.82) is 0 Å². The molecule has 0 spiro atoms. The Balaban J connectivity index is 1.73. The lowest BCUT2D eigenvalue weighted by Crippen LogP contribution is -2.35. The van der Waals surface area contributed by atoms with Gasteiger partial charge in [-0.05, 0) is 50.6 Å². The van der Waals surface area contributed by atoms with E-state index in [2.05, 4.69) is 0 Å². The topological polar surface area (TPSA) is 76.1 Å². The average Bonchev–Trinajstić information content (AvgIpc) is 3.08. The molecular weight excluding hydrogens is 358 g/mol. The summed E-state index contributed by atoms with van der Waals surface area (Å²) in [5.74, 6) is -0.482. The zero-order chi connectivity index (χ0) is 20.3. The molecule has 1 amide bonds. The largest absolute Gasteiger partial charge is 0.481 e. The molecule has 2 aromatic carbocycles. The Morgan fingerprint density at radius 3 is 2.14 bits per heavy atom. The number of carboxylic acids is 1. The number of rotatable bonds is 4. The van der Waals surface area contributed by atoms with E-state index in [0.29, 0.717) is 12.3 Å². The second-order valence-corrected chi connectivity index (χ2v) is 7.92. The standard InChI is InChI=1S/C22H25NO5/c1-22(2,3)28-21(26)23-13-18(19(14-23)20(24)25)15-9-11-17(12-10-15)27-16-7-5-4-6-8-16/h4-12,18-19H,13-14H2,1-3H3,(H,24,25)/t18-,19-/m1/s1. The van der Waals surface area contributed by atoms with Crippen molar-refractivity contribution >= 4 is 12.1 Å². The van der Waals surface area contributed by atoms with Crippen LogP contribution in [-0.4, -0.2) is 40.8 Å². The van der Waals surface area contributed by atoms with Gasteiger partial charge in [-0.25, -0.2) is 4.79 Å². The van der Waals surface area contributed by atoms with Gasteiger partial charge in [0.25, 0.3) is 0 Å². The molecule has 0 aromatic heterocycles. The minimum absolute atomic E-state index is 0.136. The van der Waals surface area contributed by atoms with Crippen LogP contribution in [0.3, 0.4) is 0 Å². The van der Waals surface area contributed by atoms with Crippen molar-refractivity contribution in [3.8, 4) is 11.5 Å². The van der Waals surface area contributed by atoms with Crippen molar-refractivity contribution in [2.45, 2.75) is 32.3 Å². The quantitative estimate of drug-likeness (QED) is 0.840. The Labute approximate surface area is 164 Å². The lowest BCUT2D eigenvalue weighted by Gasteiger charge is -2.24. The molecule has 6 heteroatoms. The van der Waals surface area contributed by atoms with Crippen molar-refractivity contribution in [3.63, 3.8) is 0 Å².